The number of ketones is 1. The fraction of sp³-hybridized carbons (Fsp3) is 0.407. The molecule has 1 unspecified atom stereocenters. The van der Waals surface area contributed by atoms with Gasteiger partial charge >= 0.3 is 5.97 Å². The van der Waals surface area contributed by atoms with E-state index in [1.165, 1.54) is 0 Å². The van der Waals surface area contributed by atoms with E-state index in [1.807, 2.05) is 45.0 Å². The second kappa shape index (κ2) is 10.6. The Bertz CT molecular complexity index is 1110. The lowest BCUT2D eigenvalue weighted by Crippen LogP contribution is -2.16. The van der Waals surface area contributed by atoms with Crippen LogP contribution >= 0.6 is 0 Å². The van der Waals surface area contributed by atoms with Crippen molar-refractivity contribution in [3.63, 3.8) is 0 Å². The third-order valence-corrected chi connectivity index (χ3v) is 5.57. The highest BCUT2D eigenvalue weighted by Gasteiger charge is 2.22. The Hall–Kier alpha value is -3.48. The van der Waals surface area contributed by atoms with Crippen LogP contribution in [0.25, 0.3) is 11.5 Å². The number of nitrogens with zero attached hydrogens (tertiary/aromatic N) is 2. The first-order valence-electron chi connectivity index (χ1n) is 11.6. The largest absolute Gasteiger partial charge is 0.481 e. The Morgan fingerprint density at radius 3 is 2.15 bits per heavy atom. The molecule has 0 aliphatic carbocycles. The minimum absolute atomic E-state index is 0.00445. The molecule has 180 valence electrons. The number of carboxylic acids is 1. The van der Waals surface area contributed by atoms with Gasteiger partial charge in [0.25, 0.3) is 0 Å². The number of rotatable bonds is 10. The van der Waals surface area contributed by atoms with Crippen LogP contribution < -0.4 is 5.32 Å². The summed E-state index contributed by atoms with van der Waals surface area (Å²) in [5.74, 6) is 0.511. The van der Waals surface area contributed by atoms with Gasteiger partial charge in [0.15, 0.2) is 5.78 Å². The van der Waals surface area contributed by atoms with Gasteiger partial charge in [0.05, 0.1) is 6.04 Å². The summed E-state index contributed by atoms with van der Waals surface area (Å²) in [7, 11) is 0. The Kier molecular flexibility index (Phi) is 7.87. The average molecular weight is 464 g/mol. The van der Waals surface area contributed by atoms with Crippen LogP contribution in [0.5, 0.6) is 0 Å². The van der Waals surface area contributed by atoms with Gasteiger partial charge in [-0.15, -0.1) is 10.2 Å². The van der Waals surface area contributed by atoms with Gasteiger partial charge in [0.2, 0.25) is 11.8 Å². The van der Waals surface area contributed by atoms with Crippen LogP contribution in [0.1, 0.15) is 81.7 Å². The molecule has 1 aromatic heterocycles. The van der Waals surface area contributed by atoms with E-state index in [0.717, 1.165) is 16.8 Å². The second-order valence-corrected chi connectivity index (χ2v) is 9.90. The fourth-order valence-electron chi connectivity index (χ4n) is 3.59. The van der Waals surface area contributed by atoms with Crippen molar-refractivity contribution in [2.24, 2.45) is 5.92 Å². The highest BCUT2D eigenvalue weighted by atomic mass is 16.4. The van der Waals surface area contributed by atoms with Crippen LogP contribution in [-0.4, -0.2) is 27.1 Å². The fourth-order valence-corrected chi connectivity index (χ4v) is 3.59. The Balaban J connectivity index is 1.69. The van der Waals surface area contributed by atoms with Crippen molar-refractivity contribution in [1.82, 2.24) is 10.2 Å². The zero-order chi connectivity index (χ0) is 24.9. The first-order valence-corrected chi connectivity index (χ1v) is 11.6. The van der Waals surface area contributed by atoms with Gasteiger partial charge in [-0.3, -0.25) is 9.59 Å². The summed E-state index contributed by atoms with van der Waals surface area (Å²) in [5, 5.41) is 20.7. The molecule has 2 N–H and O–H groups in total. The van der Waals surface area contributed by atoms with Gasteiger partial charge in [-0.1, -0.05) is 46.8 Å². The van der Waals surface area contributed by atoms with Crippen molar-refractivity contribution in [2.75, 3.05) is 5.32 Å². The maximum absolute atomic E-state index is 12.3. The molecule has 0 spiro atoms. The van der Waals surface area contributed by atoms with E-state index >= 15 is 0 Å². The summed E-state index contributed by atoms with van der Waals surface area (Å²) in [6.45, 7) is 10.4. The van der Waals surface area contributed by atoms with Crippen molar-refractivity contribution >= 4 is 17.4 Å². The topological polar surface area (TPSA) is 105 Å². The van der Waals surface area contributed by atoms with Crippen LogP contribution in [0.4, 0.5) is 5.69 Å². The number of anilines is 1. The summed E-state index contributed by atoms with van der Waals surface area (Å²) < 4.78 is 5.85. The van der Waals surface area contributed by atoms with Crippen LogP contribution in [0.15, 0.2) is 52.9 Å². The van der Waals surface area contributed by atoms with Crippen molar-refractivity contribution in [3.8, 4) is 11.5 Å². The number of carbonyl (C=O) groups is 2. The number of aromatic nitrogens is 2. The number of carbonyl (C=O) groups excluding carboxylic acids is 1. The number of carboxylic acid groups (broad SMARTS) is 1. The molecule has 34 heavy (non-hydrogen) atoms. The van der Waals surface area contributed by atoms with E-state index < -0.39 is 5.97 Å². The third kappa shape index (κ3) is 6.53. The molecule has 0 amide bonds. The van der Waals surface area contributed by atoms with Crippen LogP contribution in [0.2, 0.25) is 0 Å². The Morgan fingerprint density at radius 1 is 0.971 bits per heavy atom. The summed E-state index contributed by atoms with van der Waals surface area (Å²) in [6.07, 6.45) is 0.586. The van der Waals surface area contributed by atoms with Crippen molar-refractivity contribution in [1.29, 1.82) is 0 Å². The molecule has 0 saturated carbocycles. The molecule has 7 heteroatoms. The minimum atomic E-state index is -0.883. The van der Waals surface area contributed by atoms with Gasteiger partial charge in [0.1, 0.15) is 0 Å². The molecule has 0 aliphatic rings. The molecule has 3 aromatic rings. The smallest absolute Gasteiger partial charge is 0.303 e. The second-order valence-electron chi connectivity index (χ2n) is 9.90. The van der Waals surface area contributed by atoms with E-state index in [4.69, 9.17) is 9.52 Å². The van der Waals surface area contributed by atoms with Crippen LogP contribution in [-0.2, 0) is 10.2 Å². The lowest BCUT2D eigenvalue weighted by atomic mass is 9.94. The van der Waals surface area contributed by atoms with Crippen LogP contribution in [0, 0.1) is 5.92 Å². The predicted octanol–water partition coefficient (Wildman–Crippen LogP) is 6.28. The number of aliphatic carboxylic acids is 1. The molecular weight excluding hydrogens is 430 g/mol. The molecular formula is C27H33N3O4. The van der Waals surface area contributed by atoms with Gasteiger partial charge < -0.3 is 14.8 Å². The molecule has 1 heterocycles. The molecule has 0 fully saturated rings. The average Bonchev–Trinajstić information content (AvgIpc) is 3.28. The summed E-state index contributed by atoms with van der Waals surface area (Å²) in [4.78, 5) is 22.9. The number of Topliss-reactive ketones (excluding diaryl/α,β-unsaturated/α-hetero) is 1. The zero-order valence-electron chi connectivity index (χ0n) is 20.5. The monoisotopic (exact) mass is 463 g/mol. The summed E-state index contributed by atoms with van der Waals surface area (Å²) >= 11 is 0. The standard InChI is InChI=1S/C27H33N3O4/c1-17(2)24(28-21-15-13-18(14-16-21)22(31)7-6-8-23(32)33)19-9-11-20(12-10-19)25-29-30-26(34-25)27(3,4)5/h9-17,24,28H,6-8H2,1-5H3,(H,32,33). The minimum Gasteiger partial charge on any atom is -0.481 e. The van der Waals surface area contributed by atoms with Crippen LogP contribution in [0.3, 0.4) is 0 Å². The first-order chi connectivity index (χ1) is 16.0. The van der Waals surface area contributed by atoms with E-state index in [2.05, 4.69) is 41.5 Å². The quantitative estimate of drug-likeness (QED) is 0.341. The maximum Gasteiger partial charge on any atom is 0.303 e. The third-order valence-electron chi connectivity index (χ3n) is 5.57. The molecule has 2 aromatic carbocycles. The highest BCUT2D eigenvalue weighted by molar-refractivity contribution is 5.96. The van der Waals surface area contributed by atoms with Crippen molar-refractivity contribution < 1.29 is 19.1 Å². The van der Waals surface area contributed by atoms with E-state index in [9.17, 15) is 9.59 Å². The van der Waals surface area contributed by atoms with Gasteiger partial charge in [0, 0.05) is 35.1 Å². The molecule has 0 bridgehead atoms. The Labute approximate surface area is 200 Å². The SMILES string of the molecule is CC(C)C(Nc1ccc(C(=O)CCCC(=O)O)cc1)c1ccc(-c2nnc(C(C)(C)C)o2)cc1. The van der Waals surface area contributed by atoms with E-state index in [1.54, 1.807) is 12.1 Å². The molecule has 0 aliphatic heterocycles. The van der Waals surface area contributed by atoms with E-state index in [0.29, 0.717) is 29.7 Å². The summed E-state index contributed by atoms with van der Waals surface area (Å²) in [6, 6.07) is 15.5. The number of hydrogen-bond donors (Lipinski definition) is 2. The zero-order valence-corrected chi connectivity index (χ0v) is 20.5. The molecule has 7 nitrogen and oxygen atoms in total. The van der Waals surface area contributed by atoms with E-state index in [-0.39, 0.29) is 30.1 Å². The molecule has 0 saturated heterocycles. The van der Waals surface area contributed by atoms with Crippen molar-refractivity contribution in [3.05, 3.63) is 65.5 Å². The predicted molar refractivity (Wildman–Crippen MR) is 132 cm³/mol. The van der Waals surface area contributed by atoms with Crippen molar-refractivity contribution in [2.45, 2.75) is 65.3 Å². The number of nitrogens with one attached hydrogen (secondary N) is 1. The normalized spacial score (nSPS) is 12.5. The van der Waals surface area contributed by atoms with Gasteiger partial charge in [-0.2, -0.15) is 0 Å². The molecule has 1 atom stereocenters. The first kappa shape index (κ1) is 25.1. The maximum atomic E-state index is 12.3. The molecule has 0 radical (unpaired) electrons. The lowest BCUT2D eigenvalue weighted by Gasteiger charge is -2.24. The van der Waals surface area contributed by atoms with Gasteiger partial charge in [-0.25, -0.2) is 0 Å². The molecule has 3 rings (SSSR count). The number of benzene rings is 2. The Morgan fingerprint density at radius 2 is 1.62 bits per heavy atom. The number of hydrogen-bond acceptors (Lipinski definition) is 6. The lowest BCUT2D eigenvalue weighted by molar-refractivity contribution is -0.137. The highest BCUT2D eigenvalue weighted by Crippen LogP contribution is 2.30. The van der Waals surface area contributed by atoms with Gasteiger partial charge in [-0.05, 0) is 54.3 Å². The summed E-state index contributed by atoms with van der Waals surface area (Å²) in [5.41, 5.74) is 3.31.